The molecule has 1 saturated heterocycles. The van der Waals surface area contributed by atoms with Crippen LogP contribution in [-0.4, -0.2) is 53.5 Å². The molecule has 0 aliphatic carbocycles. The first kappa shape index (κ1) is 22.0. The summed E-state index contributed by atoms with van der Waals surface area (Å²) in [4.78, 5) is 21.5. The molecule has 2 aromatic rings. The van der Waals surface area contributed by atoms with E-state index >= 15 is 0 Å². The average Bonchev–Trinajstić information content (AvgIpc) is 3.00. The number of nitrogens with zero attached hydrogens (tertiary/aromatic N) is 3. The highest BCUT2D eigenvalue weighted by atomic mass is 35.5. The van der Waals surface area contributed by atoms with Gasteiger partial charge in [-0.1, -0.05) is 32.4 Å². The maximum atomic E-state index is 13.1. The molecule has 8 heteroatoms. The zero-order valence-corrected chi connectivity index (χ0v) is 18.7. The zero-order chi connectivity index (χ0) is 21.0. The van der Waals surface area contributed by atoms with E-state index in [9.17, 15) is 9.18 Å². The summed E-state index contributed by atoms with van der Waals surface area (Å²) >= 11 is 7.66. The third-order valence-corrected chi connectivity index (χ3v) is 6.38. The van der Waals surface area contributed by atoms with E-state index in [1.807, 2.05) is 4.90 Å². The third kappa shape index (κ3) is 6.14. The van der Waals surface area contributed by atoms with Crippen LogP contribution in [0.3, 0.4) is 0 Å². The van der Waals surface area contributed by atoms with Gasteiger partial charge in [0.25, 0.3) is 5.91 Å². The third-order valence-electron chi connectivity index (χ3n) is 4.77. The van der Waals surface area contributed by atoms with E-state index in [0.717, 1.165) is 36.8 Å². The minimum atomic E-state index is -0.434. The van der Waals surface area contributed by atoms with Gasteiger partial charge >= 0.3 is 0 Å². The standard InChI is InChI=1S/C21H27ClFN3O2S/c1-21(2,3)20-24-16(14-29-20)12-25-7-4-8-26(10-9-25)19(27)13-28-18-6-5-15(23)11-17(18)22/h5-6,11,14H,4,7-10,12-13H2,1-3H3. The van der Waals surface area contributed by atoms with Gasteiger partial charge < -0.3 is 9.64 Å². The summed E-state index contributed by atoms with van der Waals surface area (Å²) in [6, 6.07) is 3.88. The van der Waals surface area contributed by atoms with Crippen LogP contribution >= 0.6 is 22.9 Å². The molecule has 1 aromatic heterocycles. The Balaban J connectivity index is 1.50. The van der Waals surface area contributed by atoms with Gasteiger partial charge in [0.1, 0.15) is 11.6 Å². The Bertz CT molecular complexity index is 853. The van der Waals surface area contributed by atoms with Crippen molar-refractivity contribution in [2.24, 2.45) is 0 Å². The number of amides is 1. The van der Waals surface area contributed by atoms with Crippen LogP contribution in [0.5, 0.6) is 5.75 Å². The number of thiazole rings is 1. The summed E-state index contributed by atoms with van der Waals surface area (Å²) in [5.74, 6) is -0.206. The first-order valence-electron chi connectivity index (χ1n) is 9.75. The monoisotopic (exact) mass is 439 g/mol. The summed E-state index contributed by atoms with van der Waals surface area (Å²) in [6.45, 7) is 10.3. The predicted octanol–water partition coefficient (Wildman–Crippen LogP) is 4.35. The van der Waals surface area contributed by atoms with Crippen molar-refractivity contribution in [2.45, 2.75) is 39.2 Å². The molecule has 0 radical (unpaired) electrons. The van der Waals surface area contributed by atoms with E-state index in [4.69, 9.17) is 21.3 Å². The molecular weight excluding hydrogens is 413 g/mol. The lowest BCUT2D eigenvalue weighted by molar-refractivity contribution is -0.133. The number of halogens is 2. The van der Waals surface area contributed by atoms with E-state index in [0.29, 0.717) is 18.8 Å². The first-order valence-corrected chi connectivity index (χ1v) is 11.0. The van der Waals surface area contributed by atoms with Gasteiger partial charge in [-0.05, 0) is 24.6 Å². The number of aromatic nitrogens is 1. The van der Waals surface area contributed by atoms with E-state index in [2.05, 4.69) is 31.1 Å². The van der Waals surface area contributed by atoms with Gasteiger partial charge in [-0.25, -0.2) is 9.37 Å². The number of benzene rings is 1. The SMILES string of the molecule is CC(C)(C)c1nc(CN2CCCN(C(=O)COc3ccc(F)cc3Cl)CC2)cs1. The Hall–Kier alpha value is -1.70. The Morgan fingerprint density at radius 3 is 2.76 bits per heavy atom. The lowest BCUT2D eigenvalue weighted by atomic mass is 9.98. The molecule has 1 fully saturated rings. The van der Waals surface area contributed by atoms with Gasteiger partial charge in [0.2, 0.25) is 0 Å². The molecule has 0 N–H and O–H groups in total. The van der Waals surface area contributed by atoms with Crippen molar-refractivity contribution in [1.29, 1.82) is 0 Å². The van der Waals surface area contributed by atoms with Crippen LogP contribution in [0.2, 0.25) is 5.02 Å². The maximum absolute atomic E-state index is 13.1. The molecule has 1 aromatic carbocycles. The predicted molar refractivity (Wildman–Crippen MR) is 114 cm³/mol. The number of hydrogen-bond donors (Lipinski definition) is 0. The lowest BCUT2D eigenvalue weighted by Crippen LogP contribution is -2.38. The Morgan fingerprint density at radius 2 is 2.07 bits per heavy atom. The molecule has 0 saturated carbocycles. The van der Waals surface area contributed by atoms with E-state index in [1.165, 1.54) is 18.2 Å². The first-order chi connectivity index (χ1) is 13.7. The highest BCUT2D eigenvalue weighted by Crippen LogP contribution is 2.26. The fourth-order valence-corrected chi connectivity index (χ4v) is 4.27. The molecule has 2 heterocycles. The topological polar surface area (TPSA) is 45.7 Å². The van der Waals surface area contributed by atoms with Crippen LogP contribution in [0.4, 0.5) is 4.39 Å². The summed E-state index contributed by atoms with van der Waals surface area (Å²) in [6.07, 6.45) is 0.902. The second-order valence-electron chi connectivity index (χ2n) is 8.27. The molecule has 5 nitrogen and oxygen atoms in total. The molecule has 3 rings (SSSR count). The van der Waals surface area contributed by atoms with Crippen LogP contribution < -0.4 is 4.74 Å². The van der Waals surface area contributed by atoms with Crippen LogP contribution in [0.15, 0.2) is 23.6 Å². The summed E-state index contributed by atoms with van der Waals surface area (Å²) < 4.78 is 18.6. The summed E-state index contributed by atoms with van der Waals surface area (Å²) in [5, 5.41) is 3.45. The van der Waals surface area contributed by atoms with Crippen molar-refractivity contribution < 1.29 is 13.9 Å². The molecule has 1 aliphatic rings. The fraction of sp³-hybridized carbons (Fsp3) is 0.524. The smallest absolute Gasteiger partial charge is 0.260 e. The molecule has 1 amide bonds. The lowest BCUT2D eigenvalue weighted by Gasteiger charge is -2.22. The summed E-state index contributed by atoms with van der Waals surface area (Å²) in [7, 11) is 0. The van der Waals surface area contributed by atoms with Gasteiger partial charge in [-0.15, -0.1) is 11.3 Å². The fourth-order valence-electron chi connectivity index (χ4n) is 3.15. The molecule has 29 heavy (non-hydrogen) atoms. The number of ether oxygens (including phenoxy) is 1. The number of rotatable bonds is 5. The molecule has 158 valence electrons. The average molecular weight is 440 g/mol. The van der Waals surface area contributed by atoms with Crippen LogP contribution in [-0.2, 0) is 16.8 Å². The quantitative estimate of drug-likeness (QED) is 0.695. The Labute approximate surface area is 180 Å². The Morgan fingerprint density at radius 1 is 1.28 bits per heavy atom. The molecule has 0 bridgehead atoms. The second kappa shape index (κ2) is 9.41. The van der Waals surface area contributed by atoms with Crippen LogP contribution in [0, 0.1) is 5.82 Å². The molecule has 0 spiro atoms. The van der Waals surface area contributed by atoms with Crippen LogP contribution in [0.1, 0.15) is 37.9 Å². The minimum absolute atomic E-state index is 0.0678. The van der Waals surface area contributed by atoms with E-state index in [1.54, 1.807) is 11.3 Å². The minimum Gasteiger partial charge on any atom is -0.482 e. The van der Waals surface area contributed by atoms with Crippen LogP contribution in [0.25, 0.3) is 0 Å². The largest absolute Gasteiger partial charge is 0.482 e. The highest BCUT2D eigenvalue weighted by molar-refractivity contribution is 7.09. The highest BCUT2D eigenvalue weighted by Gasteiger charge is 2.22. The van der Waals surface area contributed by atoms with Gasteiger partial charge in [0.15, 0.2) is 6.61 Å². The second-order valence-corrected chi connectivity index (χ2v) is 9.53. The normalized spacial score (nSPS) is 16.0. The van der Waals surface area contributed by atoms with Gasteiger partial charge in [-0.3, -0.25) is 9.69 Å². The van der Waals surface area contributed by atoms with Crippen molar-refractivity contribution in [3.8, 4) is 5.75 Å². The zero-order valence-electron chi connectivity index (χ0n) is 17.1. The van der Waals surface area contributed by atoms with E-state index < -0.39 is 5.82 Å². The number of carbonyl (C=O) groups excluding carboxylic acids is 1. The maximum Gasteiger partial charge on any atom is 0.260 e. The van der Waals surface area contributed by atoms with Crippen molar-refractivity contribution in [3.05, 3.63) is 45.1 Å². The molecule has 0 atom stereocenters. The van der Waals surface area contributed by atoms with Crippen molar-refractivity contribution in [2.75, 3.05) is 32.8 Å². The number of carbonyl (C=O) groups is 1. The van der Waals surface area contributed by atoms with Crippen molar-refractivity contribution >= 4 is 28.8 Å². The molecule has 0 unspecified atom stereocenters. The van der Waals surface area contributed by atoms with Crippen molar-refractivity contribution in [3.63, 3.8) is 0 Å². The molecular formula is C21H27ClFN3O2S. The molecule has 1 aliphatic heterocycles. The van der Waals surface area contributed by atoms with Gasteiger partial charge in [-0.2, -0.15) is 0 Å². The van der Waals surface area contributed by atoms with Gasteiger partial charge in [0.05, 0.1) is 15.7 Å². The van der Waals surface area contributed by atoms with Crippen molar-refractivity contribution in [1.82, 2.24) is 14.8 Å². The summed E-state index contributed by atoms with van der Waals surface area (Å²) in [5.41, 5.74) is 1.16. The van der Waals surface area contributed by atoms with Gasteiger partial charge in [0, 0.05) is 43.5 Å². The van der Waals surface area contributed by atoms with E-state index in [-0.39, 0.29) is 23.0 Å². The Kier molecular flexibility index (Phi) is 7.14. The number of hydrogen-bond acceptors (Lipinski definition) is 5.